The minimum atomic E-state index is 0.709. The summed E-state index contributed by atoms with van der Waals surface area (Å²) in [6, 6.07) is 16.5. The van der Waals surface area contributed by atoms with E-state index in [1.54, 1.807) is 6.20 Å². The summed E-state index contributed by atoms with van der Waals surface area (Å²) in [7, 11) is 0. The molecular formula is C22H25N5. The smallest absolute Gasteiger partial charge is 0.180 e. The third-order valence-corrected chi connectivity index (χ3v) is 5.18. The maximum Gasteiger partial charge on any atom is 0.180 e. The molecule has 1 saturated heterocycles. The van der Waals surface area contributed by atoms with E-state index in [2.05, 4.69) is 63.9 Å². The van der Waals surface area contributed by atoms with Crippen LogP contribution in [0.15, 0.2) is 54.7 Å². The van der Waals surface area contributed by atoms with Crippen LogP contribution in [0.5, 0.6) is 0 Å². The lowest BCUT2D eigenvalue weighted by Crippen LogP contribution is -2.46. The standard InChI is InChI=1S/C22H25N5/c1-17-18(2)24-21(20-10-6-7-11-23-20)25-22(17)27-14-12-26(13-15-27)16-19-8-4-3-5-9-19/h3-11H,12-16H2,1-2H3. The summed E-state index contributed by atoms with van der Waals surface area (Å²) in [5.74, 6) is 1.75. The lowest BCUT2D eigenvalue weighted by Gasteiger charge is -2.36. The molecule has 0 atom stereocenters. The monoisotopic (exact) mass is 359 g/mol. The number of aryl methyl sites for hydroxylation is 1. The summed E-state index contributed by atoms with van der Waals surface area (Å²) in [5.41, 5.74) is 4.38. The number of anilines is 1. The van der Waals surface area contributed by atoms with Gasteiger partial charge in [-0.2, -0.15) is 0 Å². The Bertz CT molecular complexity index is 887. The molecule has 27 heavy (non-hydrogen) atoms. The Morgan fingerprint density at radius 2 is 1.59 bits per heavy atom. The van der Waals surface area contributed by atoms with Gasteiger partial charge in [-0.1, -0.05) is 36.4 Å². The highest BCUT2D eigenvalue weighted by Gasteiger charge is 2.21. The molecule has 1 aliphatic rings. The first-order valence-corrected chi connectivity index (χ1v) is 9.48. The molecule has 0 N–H and O–H groups in total. The normalized spacial score (nSPS) is 15.1. The van der Waals surface area contributed by atoms with Crippen molar-refractivity contribution in [2.75, 3.05) is 31.1 Å². The predicted octanol–water partition coefficient (Wildman–Crippen LogP) is 3.48. The van der Waals surface area contributed by atoms with E-state index in [1.165, 1.54) is 5.56 Å². The molecule has 4 rings (SSSR count). The number of nitrogens with zero attached hydrogens (tertiary/aromatic N) is 5. The molecule has 0 radical (unpaired) electrons. The number of hydrogen-bond acceptors (Lipinski definition) is 5. The van der Waals surface area contributed by atoms with Crippen molar-refractivity contribution in [1.82, 2.24) is 19.9 Å². The minimum Gasteiger partial charge on any atom is -0.354 e. The van der Waals surface area contributed by atoms with Gasteiger partial charge in [0.2, 0.25) is 0 Å². The lowest BCUT2D eigenvalue weighted by atomic mass is 10.1. The van der Waals surface area contributed by atoms with Crippen molar-refractivity contribution in [2.45, 2.75) is 20.4 Å². The molecule has 3 heterocycles. The zero-order valence-electron chi connectivity index (χ0n) is 16.0. The second kappa shape index (κ2) is 7.84. The molecule has 2 aromatic heterocycles. The number of aromatic nitrogens is 3. The molecular weight excluding hydrogens is 334 g/mol. The van der Waals surface area contributed by atoms with Gasteiger partial charge in [-0.3, -0.25) is 9.88 Å². The van der Waals surface area contributed by atoms with Gasteiger partial charge in [0.05, 0.1) is 0 Å². The van der Waals surface area contributed by atoms with Crippen LogP contribution in [0, 0.1) is 13.8 Å². The first kappa shape index (κ1) is 17.6. The van der Waals surface area contributed by atoms with Crippen LogP contribution in [0.1, 0.15) is 16.8 Å². The van der Waals surface area contributed by atoms with Crippen LogP contribution in [-0.2, 0) is 6.54 Å². The van der Waals surface area contributed by atoms with Crippen LogP contribution >= 0.6 is 0 Å². The van der Waals surface area contributed by atoms with Crippen molar-refractivity contribution in [3.8, 4) is 11.5 Å². The number of benzene rings is 1. The average Bonchev–Trinajstić information content (AvgIpc) is 2.72. The molecule has 3 aromatic rings. The van der Waals surface area contributed by atoms with E-state index in [4.69, 9.17) is 4.98 Å². The van der Waals surface area contributed by atoms with E-state index < -0.39 is 0 Å². The Morgan fingerprint density at radius 3 is 2.30 bits per heavy atom. The highest BCUT2D eigenvalue weighted by Crippen LogP contribution is 2.24. The first-order chi connectivity index (χ1) is 13.2. The van der Waals surface area contributed by atoms with Crippen molar-refractivity contribution < 1.29 is 0 Å². The maximum atomic E-state index is 4.87. The van der Waals surface area contributed by atoms with Crippen LogP contribution in [0.2, 0.25) is 0 Å². The second-order valence-corrected chi connectivity index (χ2v) is 7.05. The molecule has 0 unspecified atom stereocenters. The summed E-state index contributed by atoms with van der Waals surface area (Å²) in [5, 5.41) is 0. The first-order valence-electron chi connectivity index (χ1n) is 9.48. The molecule has 5 nitrogen and oxygen atoms in total. The van der Waals surface area contributed by atoms with E-state index in [0.29, 0.717) is 5.82 Å². The summed E-state index contributed by atoms with van der Waals surface area (Å²) >= 11 is 0. The third-order valence-electron chi connectivity index (χ3n) is 5.18. The highest BCUT2D eigenvalue weighted by atomic mass is 15.3. The fourth-order valence-corrected chi connectivity index (χ4v) is 3.49. The van der Waals surface area contributed by atoms with Gasteiger partial charge in [-0.25, -0.2) is 9.97 Å². The lowest BCUT2D eigenvalue weighted by molar-refractivity contribution is 0.249. The zero-order chi connectivity index (χ0) is 18.6. The second-order valence-electron chi connectivity index (χ2n) is 7.05. The molecule has 1 fully saturated rings. The number of hydrogen-bond donors (Lipinski definition) is 0. The fraction of sp³-hybridized carbons (Fsp3) is 0.318. The van der Waals surface area contributed by atoms with Crippen molar-refractivity contribution in [3.05, 3.63) is 71.5 Å². The molecule has 5 heteroatoms. The van der Waals surface area contributed by atoms with Crippen LogP contribution in [0.3, 0.4) is 0 Å². The SMILES string of the molecule is Cc1nc(-c2ccccn2)nc(N2CCN(Cc3ccccc3)CC2)c1C. The van der Waals surface area contributed by atoms with Gasteiger partial charge >= 0.3 is 0 Å². The minimum absolute atomic E-state index is 0.709. The molecule has 0 amide bonds. The maximum absolute atomic E-state index is 4.87. The Hall–Kier alpha value is -2.79. The van der Waals surface area contributed by atoms with E-state index in [0.717, 1.165) is 55.5 Å². The van der Waals surface area contributed by atoms with Crippen molar-refractivity contribution >= 4 is 5.82 Å². The predicted molar refractivity (Wildman–Crippen MR) is 109 cm³/mol. The summed E-state index contributed by atoms with van der Waals surface area (Å²) in [6.07, 6.45) is 1.79. The zero-order valence-corrected chi connectivity index (χ0v) is 16.0. The van der Waals surface area contributed by atoms with Gasteiger partial charge < -0.3 is 4.90 Å². The van der Waals surface area contributed by atoms with Crippen molar-refractivity contribution in [2.24, 2.45) is 0 Å². The van der Waals surface area contributed by atoms with E-state index in [-0.39, 0.29) is 0 Å². The van der Waals surface area contributed by atoms with Crippen LogP contribution in [0.25, 0.3) is 11.5 Å². The van der Waals surface area contributed by atoms with Crippen molar-refractivity contribution in [1.29, 1.82) is 0 Å². The van der Waals surface area contributed by atoms with Gasteiger partial charge in [-0.05, 0) is 31.5 Å². The largest absolute Gasteiger partial charge is 0.354 e. The van der Waals surface area contributed by atoms with Gasteiger partial charge in [0.15, 0.2) is 5.82 Å². The Balaban J connectivity index is 1.50. The fourth-order valence-electron chi connectivity index (χ4n) is 3.49. The molecule has 0 spiro atoms. The van der Waals surface area contributed by atoms with Crippen LogP contribution < -0.4 is 4.90 Å². The average molecular weight is 359 g/mol. The Kier molecular flexibility index (Phi) is 5.12. The van der Waals surface area contributed by atoms with Gasteiger partial charge in [0.1, 0.15) is 11.5 Å². The van der Waals surface area contributed by atoms with Crippen molar-refractivity contribution in [3.63, 3.8) is 0 Å². The number of rotatable bonds is 4. The molecule has 0 aliphatic carbocycles. The van der Waals surface area contributed by atoms with Gasteiger partial charge in [-0.15, -0.1) is 0 Å². The van der Waals surface area contributed by atoms with E-state index >= 15 is 0 Å². The summed E-state index contributed by atoms with van der Waals surface area (Å²) in [6.45, 7) is 9.21. The number of pyridine rings is 1. The van der Waals surface area contributed by atoms with Gasteiger partial charge in [0, 0.05) is 50.2 Å². The third kappa shape index (κ3) is 3.98. The quantitative estimate of drug-likeness (QED) is 0.714. The number of piperazine rings is 1. The van der Waals surface area contributed by atoms with Crippen LogP contribution in [0.4, 0.5) is 5.82 Å². The summed E-state index contributed by atoms with van der Waals surface area (Å²) < 4.78 is 0. The van der Waals surface area contributed by atoms with Gasteiger partial charge in [0.25, 0.3) is 0 Å². The molecule has 138 valence electrons. The Labute approximate surface area is 160 Å². The topological polar surface area (TPSA) is 45.2 Å². The van der Waals surface area contributed by atoms with E-state index in [1.807, 2.05) is 18.2 Å². The summed E-state index contributed by atoms with van der Waals surface area (Å²) in [4.78, 5) is 18.8. The van der Waals surface area contributed by atoms with E-state index in [9.17, 15) is 0 Å². The molecule has 1 aromatic carbocycles. The van der Waals surface area contributed by atoms with Crippen LogP contribution in [-0.4, -0.2) is 46.0 Å². The highest BCUT2D eigenvalue weighted by molar-refractivity contribution is 5.57. The Morgan fingerprint density at radius 1 is 0.852 bits per heavy atom. The molecule has 0 saturated carbocycles. The molecule has 0 bridgehead atoms. The molecule has 1 aliphatic heterocycles.